The van der Waals surface area contributed by atoms with E-state index in [0.717, 1.165) is 0 Å². The van der Waals surface area contributed by atoms with Gasteiger partial charge >= 0.3 is 0 Å². The summed E-state index contributed by atoms with van der Waals surface area (Å²) >= 11 is 0. The highest BCUT2D eigenvalue weighted by Crippen LogP contribution is 1.73. The Labute approximate surface area is 49.7 Å². The van der Waals surface area contributed by atoms with Gasteiger partial charge in [0.2, 0.25) is 0 Å². The lowest BCUT2D eigenvalue weighted by molar-refractivity contribution is 1.24. The molecule has 2 heteroatoms. The van der Waals surface area contributed by atoms with Crippen LogP contribution in [0.4, 0.5) is 0 Å². The molecular weight excluding hydrogens is 100 g/mol. The first kappa shape index (κ1) is 7.08. The van der Waals surface area contributed by atoms with Crippen molar-refractivity contribution in [2.75, 3.05) is 6.54 Å². The largest absolute Gasteiger partial charge is 0.294 e. The fourth-order valence-electron chi connectivity index (χ4n) is 0.288. The van der Waals surface area contributed by atoms with Gasteiger partial charge in [-0.25, -0.2) is 0 Å². The van der Waals surface area contributed by atoms with Gasteiger partial charge in [-0.05, 0) is 25.9 Å². The van der Waals surface area contributed by atoms with E-state index in [-0.39, 0.29) is 0 Å². The van der Waals surface area contributed by atoms with E-state index in [9.17, 15) is 0 Å². The summed E-state index contributed by atoms with van der Waals surface area (Å²) in [6.45, 7) is 5.86. The highest BCUT2D eigenvalue weighted by Gasteiger charge is 1.63. The van der Waals surface area contributed by atoms with Crippen LogP contribution in [0.2, 0.25) is 0 Å². The summed E-state index contributed by atoms with van der Waals surface area (Å²) in [7, 11) is 0. The molecule has 0 rings (SSSR count). The van der Waals surface area contributed by atoms with Gasteiger partial charge in [-0.15, -0.1) is 0 Å². The zero-order chi connectivity index (χ0) is 6.24. The van der Waals surface area contributed by atoms with E-state index >= 15 is 0 Å². The molecule has 0 aliphatic carbocycles. The Morgan fingerprint density at radius 2 is 2.38 bits per heavy atom. The Balaban J connectivity index is 3.15. The van der Waals surface area contributed by atoms with Crippen LogP contribution in [0.15, 0.2) is 22.3 Å². The van der Waals surface area contributed by atoms with Crippen molar-refractivity contribution in [3.05, 3.63) is 12.3 Å². The lowest BCUT2D eigenvalue weighted by atomic mass is 10.6. The van der Waals surface area contributed by atoms with Crippen molar-refractivity contribution in [3.8, 4) is 0 Å². The molecule has 0 bridgehead atoms. The van der Waals surface area contributed by atoms with Crippen LogP contribution >= 0.6 is 0 Å². The van der Waals surface area contributed by atoms with Crippen molar-refractivity contribution in [1.82, 2.24) is 0 Å². The molecule has 0 aliphatic rings. The molecule has 0 N–H and O–H groups in total. The van der Waals surface area contributed by atoms with Gasteiger partial charge in [-0.3, -0.25) is 9.98 Å². The summed E-state index contributed by atoms with van der Waals surface area (Å²) in [5, 5.41) is 0. The second-order valence-electron chi connectivity index (χ2n) is 1.19. The third-order valence-electron chi connectivity index (χ3n) is 0.604. The second kappa shape index (κ2) is 6.08. The molecule has 0 saturated heterocycles. The number of hydrogen-bond acceptors (Lipinski definition) is 2. The van der Waals surface area contributed by atoms with Gasteiger partial charge in [-0.2, -0.15) is 0 Å². The topological polar surface area (TPSA) is 24.7 Å². The van der Waals surface area contributed by atoms with Gasteiger partial charge in [0.05, 0.1) is 6.54 Å². The zero-order valence-corrected chi connectivity index (χ0v) is 5.04. The lowest BCUT2D eigenvalue weighted by Crippen LogP contribution is -1.68. The summed E-state index contributed by atoms with van der Waals surface area (Å²) < 4.78 is 0. The molecule has 44 valence electrons. The van der Waals surface area contributed by atoms with Crippen molar-refractivity contribution in [1.29, 1.82) is 0 Å². The maximum atomic E-state index is 3.91. The summed E-state index contributed by atoms with van der Waals surface area (Å²) in [6.07, 6.45) is 5.23. The van der Waals surface area contributed by atoms with Crippen LogP contribution in [0.1, 0.15) is 6.92 Å². The molecule has 0 aromatic carbocycles. The lowest BCUT2D eigenvalue weighted by Gasteiger charge is -1.75. The van der Waals surface area contributed by atoms with E-state index in [0.29, 0.717) is 6.54 Å². The molecule has 0 spiro atoms. The minimum atomic E-state index is 0.704. The van der Waals surface area contributed by atoms with Crippen molar-refractivity contribution in [2.24, 2.45) is 9.98 Å². The summed E-state index contributed by atoms with van der Waals surface area (Å²) in [5.41, 5.74) is 0. The second-order valence-corrected chi connectivity index (χ2v) is 1.19. The minimum Gasteiger partial charge on any atom is -0.294 e. The van der Waals surface area contributed by atoms with Crippen LogP contribution in [-0.2, 0) is 0 Å². The zero-order valence-electron chi connectivity index (χ0n) is 5.04. The molecule has 0 aromatic rings. The van der Waals surface area contributed by atoms with Crippen molar-refractivity contribution >= 4 is 12.9 Å². The fraction of sp³-hybridized carbons (Fsp3) is 0.333. The van der Waals surface area contributed by atoms with Gasteiger partial charge in [0, 0.05) is 6.20 Å². The Morgan fingerprint density at radius 3 is 2.88 bits per heavy atom. The third kappa shape index (κ3) is 5.08. The molecule has 0 aliphatic heterocycles. The van der Waals surface area contributed by atoms with Crippen LogP contribution < -0.4 is 0 Å². The van der Waals surface area contributed by atoms with E-state index in [1.165, 1.54) is 0 Å². The molecule has 0 fully saturated rings. The predicted octanol–water partition coefficient (Wildman–Crippen LogP) is 1.29. The first-order chi connectivity index (χ1) is 3.91. The Bertz CT molecular complexity index is 103. The number of rotatable bonds is 3. The smallest absolute Gasteiger partial charge is 0.0583 e. The molecule has 0 unspecified atom stereocenters. The maximum Gasteiger partial charge on any atom is 0.0583 e. The standard InChI is InChI=1S/C6H10N2/c1-3-8-6-4-5-7-2/h3-5H,2,6H2,1H3/b5-4-,8-3+. The average Bonchev–Trinajstić information content (AvgIpc) is 1.81. The molecule has 0 radical (unpaired) electrons. The fourth-order valence-corrected chi connectivity index (χ4v) is 0.288. The van der Waals surface area contributed by atoms with Crippen LogP contribution in [0, 0.1) is 0 Å². The van der Waals surface area contributed by atoms with Gasteiger partial charge in [0.15, 0.2) is 0 Å². The van der Waals surface area contributed by atoms with E-state index < -0.39 is 0 Å². The molecule has 0 aromatic heterocycles. The number of nitrogens with zero attached hydrogens (tertiary/aromatic N) is 2. The van der Waals surface area contributed by atoms with Gasteiger partial charge in [0.25, 0.3) is 0 Å². The highest BCUT2D eigenvalue weighted by atomic mass is 14.7. The third-order valence-corrected chi connectivity index (χ3v) is 0.604. The molecule has 0 saturated carbocycles. The number of aliphatic imine (C=N–C) groups is 2. The van der Waals surface area contributed by atoms with E-state index in [2.05, 4.69) is 16.7 Å². The molecule has 0 heterocycles. The number of hydrogen-bond donors (Lipinski definition) is 0. The minimum absolute atomic E-state index is 0.704. The highest BCUT2D eigenvalue weighted by molar-refractivity contribution is 5.53. The molecular formula is C6H10N2. The first-order valence-corrected chi connectivity index (χ1v) is 2.47. The quantitative estimate of drug-likeness (QED) is 0.489. The molecule has 8 heavy (non-hydrogen) atoms. The van der Waals surface area contributed by atoms with Crippen LogP contribution in [0.25, 0.3) is 0 Å². The molecule has 0 amide bonds. The monoisotopic (exact) mass is 110 g/mol. The van der Waals surface area contributed by atoms with E-state index in [1.54, 1.807) is 12.4 Å². The van der Waals surface area contributed by atoms with Gasteiger partial charge in [-0.1, -0.05) is 0 Å². The predicted molar refractivity (Wildman–Crippen MR) is 37.7 cm³/mol. The van der Waals surface area contributed by atoms with Crippen LogP contribution in [-0.4, -0.2) is 19.5 Å². The van der Waals surface area contributed by atoms with Gasteiger partial charge in [0.1, 0.15) is 0 Å². The molecule has 2 nitrogen and oxygen atoms in total. The average molecular weight is 110 g/mol. The van der Waals surface area contributed by atoms with Crippen molar-refractivity contribution in [3.63, 3.8) is 0 Å². The SMILES string of the molecule is C=N/C=C\C/N=C/C. The van der Waals surface area contributed by atoms with Crippen molar-refractivity contribution in [2.45, 2.75) is 6.92 Å². The maximum absolute atomic E-state index is 3.91. The Hall–Kier alpha value is -0.920. The first-order valence-electron chi connectivity index (χ1n) is 2.47. The Morgan fingerprint density at radius 1 is 1.62 bits per heavy atom. The van der Waals surface area contributed by atoms with Crippen LogP contribution in [0.5, 0.6) is 0 Å². The summed E-state index contributed by atoms with van der Waals surface area (Å²) in [5.74, 6) is 0. The molecule has 0 atom stereocenters. The summed E-state index contributed by atoms with van der Waals surface area (Å²) in [6, 6.07) is 0. The van der Waals surface area contributed by atoms with Crippen molar-refractivity contribution < 1.29 is 0 Å². The Kier molecular flexibility index (Phi) is 5.38. The van der Waals surface area contributed by atoms with E-state index in [4.69, 9.17) is 0 Å². The normalized spacial score (nSPS) is 11.1. The van der Waals surface area contributed by atoms with E-state index in [1.807, 2.05) is 13.0 Å². The van der Waals surface area contributed by atoms with Crippen LogP contribution in [0.3, 0.4) is 0 Å². The summed E-state index contributed by atoms with van der Waals surface area (Å²) in [4.78, 5) is 7.41. The van der Waals surface area contributed by atoms with Gasteiger partial charge < -0.3 is 0 Å².